The van der Waals surface area contributed by atoms with Crippen molar-refractivity contribution in [3.63, 3.8) is 0 Å². The van der Waals surface area contributed by atoms with Crippen LogP contribution < -0.4 is 10.1 Å². The Kier molecular flexibility index (Phi) is 5.64. The Morgan fingerprint density at radius 1 is 1.14 bits per heavy atom. The molecule has 0 unspecified atom stereocenters. The van der Waals surface area contributed by atoms with Crippen molar-refractivity contribution in [3.8, 4) is 17.1 Å². The van der Waals surface area contributed by atoms with E-state index in [4.69, 9.17) is 9.26 Å². The number of carbonyl (C=O) groups is 2. The number of nitrogens with zero attached hydrogens (tertiary/aromatic N) is 1. The zero-order valence-corrected chi connectivity index (χ0v) is 14.3. The van der Waals surface area contributed by atoms with Gasteiger partial charge >= 0.3 is 5.97 Å². The molecular formula is C19H14F2N2O5. The third-order valence-electron chi connectivity index (χ3n) is 3.70. The van der Waals surface area contributed by atoms with E-state index in [0.29, 0.717) is 0 Å². The lowest BCUT2D eigenvalue weighted by atomic mass is 10.1. The smallest absolute Gasteiger partial charge is 0.346 e. The summed E-state index contributed by atoms with van der Waals surface area (Å²) < 4.78 is 36.9. The van der Waals surface area contributed by atoms with E-state index in [1.807, 2.05) is 0 Å². The first-order chi connectivity index (χ1) is 13.4. The molecule has 1 atom stereocenters. The highest BCUT2D eigenvalue weighted by molar-refractivity contribution is 5.93. The summed E-state index contributed by atoms with van der Waals surface area (Å²) in [5, 5.41) is 15.2. The third-order valence-corrected chi connectivity index (χ3v) is 3.70. The van der Waals surface area contributed by atoms with Gasteiger partial charge in [0.1, 0.15) is 17.4 Å². The lowest BCUT2D eigenvalue weighted by molar-refractivity contribution is -0.144. The van der Waals surface area contributed by atoms with E-state index in [1.165, 1.54) is 36.4 Å². The van der Waals surface area contributed by atoms with Crippen LogP contribution in [0.15, 0.2) is 59.1 Å². The molecule has 0 saturated heterocycles. The number of amides is 1. The SMILES string of the molecule is O=C(NC[C@H](Oc1ccc(F)cc1)C(=O)O)c1cc(-c2ccccc2F)on1. The summed E-state index contributed by atoms with van der Waals surface area (Å²) in [5.74, 6) is -2.89. The lowest BCUT2D eigenvalue weighted by Crippen LogP contribution is -2.40. The van der Waals surface area contributed by atoms with Crippen LogP contribution in [0.5, 0.6) is 5.75 Å². The molecule has 2 N–H and O–H groups in total. The van der Waals surface area contributed by atoms with Gasteiger partial charge in [-0.15, -0.1) is 0 Å². The maximum absolute atomic E-state index is 13.8. The lowest BCUT2D eigenvalue weighted by Gasteiger charge is -2.15. The molecular weight excluding hydrogens is 374 g/mol. The van der Waals surface area contributed by atoms with Gasteiger partial charge in [-0.2, -0.15) is 0 Å². The number of carboxylic acid groups (broad SMARTS) is 1. The predicted molar refractivity (Wildman–Crippen MR) is 92.7 cm³/mol. The first kappa shape index (κ1) is 19.0. The fourth-order valence-electron chi connectivity index (χ4n) is 2.30. The molecule has 0 fully saturated rings. The Hall–Kier alpha value is -3.75. The second-order valence-electron chi connectivity index (χ2n) is 5.66. The topological polar surface area (TPSA) is 102 Å². The van der Waals surface area contributed by atoms with Gasteiger partial charge in [0.15, 0.2) is 11.5 Å². The van der Waals surface area contributed by atoms with Crippen molar-refractivity contribution >= 4 is 11.9 Å². The molecule has 1 heterocycles. The molecule has 0 bridgehead atoms. The standard InChI is InChI=1S/C19H14F2N2O5/c20-11-5-7-12(8-6-11)27-17(19(25)26)10-22-18(24)15-9-16(28-23-15)13-3-1-2-4-14(13)21/h1-9,17H,10H2,(H,22,24)(H,25,26)/t17-/m0/s1. The quantitative estimate of drug-likeness (QED) is 0.645. The summed E-state index contributed by atoms with van der Waals surface area (Å²) in [5.41, 5.74) is -0.0127. The van der Waals surface area contributed by atoms with Gasteiger partial charge in [-0.05, 0) is 36.4 Å². The number of halogens is 2. The predicted octanol–water partition coefficient (Wildman–Crippen LogP) is 2.88. The normalized spacial score (nSPS) is 11.6. The molecule has 0 spiro atoms. The van der Waals surface area contributed by atoms with E-state index < -0.39 is 29.6 Å². The molecule has 0 saturated carbocycles. The summed E-state index contributed by atoms with van der Waals surface area (Å²) in [6.45, 7) is -0.382. The van der Waals surface area contributed by atoms with Crippen LogP contribution in [0.2, 0.25) is 0 Å². The fraction of sp³-hybridized carbons (Fsp3) is 0.105. The highest BCUT2D eigenvalue weighted by atomic mass is 19.1. The van der Waals surface area contributed by atoms with Crippen molar-refractivity contribution in [2.24, 2.45) is 0 Å². The average Bonchev–Trinajstić information content (AvgIpc) is 3.16. The maximum Gasteiger partial charge on any atom is 0.346 e. The first-order valence-corrected chi connectivity index (χ1v) is 8.09. The summed E-state index contributed by atoms with van der Waals surface area (Å²) in [7, 11) is 0. The van der Waals surface area contributed by atoms with Gasteiger partial charge < -0.3 is 19.7 Å². The van der Waals surface area contributed by atoms with Gasteiger partial charge in [0.2, 0.25) is 6.10 Å². The Morgan fingerprint density at radius 3 is 2.54 bits per heavy atom. The Morgan fingerprint density at radius 2 is 1.86 bits per heavy atom. The van der Waals surface area contributed by atoms with Gasteiger partial charge in [0.25, 0.3) is 5.91 Å². The number of benzene rings is 2. The summed E-state index contributed by atoms with van der Waals surface area (Å²) in [6, 6.07) is 11.8. The van der Waals surface area contributed by atoms with E-state index in [9.17, 15) is 23.5 Å². The molecule has 0 radical (unpaired) electrons. The highest BCUT2D eigenvalue weighted by Crippen LogP contribution is 2.23. The van der Waals surface area contributed by atoms with Crippen molar-refractivity contribution in [1.82, 2.24) is 10.5 Å². The van der Waals surface area contributed by atoms with E-state index in [-0.39, 0.29) is 29.3 Å². The molecule has 0 aliphatic rings. The number of hydrogen-bond donors (Lipinski definition) is 2. The number of hydrogen-bond acceptors (Lipinski definition) is 5. The van der Waals surface area contributed by atoms with Crippen molar-refractivity contribution in [2.45, 2.75) is 6.10 Å². The van der Waals surface area contributed by atoms with Crippen LogP contribution in [0.4, 0.5) is 8.78 Å². The third kappa shape index (κ3) is 4.50. The molecule has 1 aromatic heterocycles. The summed E-state index contributed by atoms with van der Waals surface area (Å²) in [6.07, 6.45) is -1.41. The average molecular weight is 388 g/mol. The highest BCUT2D eigenvalue weighted by Gasteiger charge is 2.22. The van der Waals surface area contributed by atoms with Crippen LogP contribution in [0.3, 0.4) is 0 Å². The van der Waals surface area contributed by atoms with Crippen molar-refractivity contribution < 1.29 is 32.7 Å². The molecule has 144 valence electrons. The Bertz CT molecular complexity index is 988. The molecule has 2 aromatic carbocycles. The van der Waals surface area contributed by atoms with Crippen molar-refractivity contribution in [1.29, 1.82) is 0 Å². The largest absolute Gasteiger partial charge is 0.478 e. The molecule has 9 heteroatoms. The van der Waals surface area contributed by atoms with E-state index in [0.717, 1.165) is 12.1 Å². The molecule has 3 aromatic rings. The fourth-order valence-corrected chi connectivity index (χ4v) is 2.30. The zero-order valence-electron chi connectivity index (χ0n) is 14.3. The number of carboxylic acids is 1. The minimum Gasteiger partial charge on any atom is -0.478 e. The van der Waals surface area contributed by atoms with Crippen molar-refractivity contribution in [2.75, 3.05) is 6.54 Å². The summed E-state index contributed by atoms with van der Waals surface area (Å²) in [4.78, 5) is 23.5. The van der Waals surface area contributed by atoms with Crippen LogP contribution >= 0.6 is 0 Å². The van der Waals surface area contributed by atoms with E-state index in [1.54, 1.807) is 6.07 Å². The van der Waals surface area contributed by atoms with Crippen LogP contribution in [0, 0.1) is 11.6 Å². The van der Waals surface area contributed by atoms with E-state index in [2.05, 4.69) is 10.5 Å². The molecule has 3 rings (SSSR count). The monoisotopic (exact) mass is 388 g/mol. The number of rotatable bonds is 7. The maximum atomic E-state index is 13.8. The van der Waals surface area contributed by atoms with E-state index >= 15 is 0 Å². The Labute approximate surface area is 157 Å². The molecule has 0 aliphatic heterocycles. The second kappa shape index (κ2) is 8.30. The number of aliphatic carboxylic acids is 1. The molecule has 7 nitrogen and oxygen atoms in total. The van der Waals surface area contributed by atoms with Crippen LogP contribution in [0.1, 0.15) is 10.5 Å². The Balaban J connectivity index is 1.64. The van der Waals surface area contributed by atoms with Gasteiger partial charge in [-0.25, -0.2) is 13.6 Å². The van der Waals surface area contributed by atoms with Crippen LogP contribution in [-0.2, 0) is 4.79 Å². The molecule has 0 aliphatic carbocycles. The van der Waals surface area contributed by atoms with Crippen molar-refractivity contribution in [3.05, 3.63) is 71.9 Å². The molecule has 1 amide bonds. The van der Waals surface area contributed by atoms with Gasteiger partial charge in [-0.3, -0.25) is 4.79 Å². The number of ether oxygens (including phenoxy) is 1. The minimum atomic E-state index is -1.41. The second-order valence-corrected chi connectivity index (χ2v) is 5.66. The number of carbonyl (C=O) groups excluding carboxylic acids is 1. The molecule has 28 heavy (non-hydrogen) atoms. The van der Waals surface area contributed by atoms with Gasteiger partial charge in [0.05, 0.1) is 12.1 Å². The van der Waals surface area contributed by atoms with Crippen LogP contribution in [0.25, 0.3) is 11.3 Å². The zero-order chi connectivity index (χ0) is 20.1. The first-order valence-electron chi connectivity index (χ1n) is 8.09. The van der Waals surface area contributed by atoms with Gasteiger partial charge in [0, 0.05) is 6.07 Å². The summed E-state index contributed by atoms with van der Waals surface area (Å²) >= 11 is 0. The van der Waals surface area contributed by atoms with Crippen LogP contribution in [-0.4, -0.2) is 34.8 Å². The number of nitrogens with one attached hydrogen (secondary N) is 1. The van der Waals surface area contributed by atoms with Gasteiger partial charge in [-0.1, -0.05) is 17.3 Å². The number of aromatic nitrogens is 1. The minimum absolute atomic E-state index is 0.0561.